The second-order valence-corrected chi connectivity index (χ2v) is 4.27. The van der Waals surface area contributed by atoms with Crippen LogP contribution in [-0.2, 0) is 4.79 Å². The smallest absolute Gasteiger partial charge is 0.257 e. The average molecular weight is 263 g/mol. The summed E-state index contributed by atoms with van der Waals surface area (Å²) in [7, 11) is 0. The van der Waals surface area contributed by atoms with Gasteiger partial charge in [-0.15, -0.1) is 0 Å². The molecule has 4 heteroatoms. The topological polar surface area (TPSA) is 55.4 Å². The molecule has 0 aliphatic carbocycles. The first-order valence-electron chi connectivity index (χ1n) is 6.70. The third-order valence-corrected chi connectivity index (χ3v) is 2.72. The van der Waals surface area contributed by atoms with Gasteiger partial charge in [-0.25, -0.2) is 0 Å². The number of unbranched alkanes of at least 4 members (excludes halogenated alkanes) is 1. The summed E-state index contributed by atoms with van der Waals surface area (Å²) in [4.78, 5) is 23.2. The summed E-state index contributed by atoms with van der Waals surface area (Å²) in [5.41, 5.74) is 0.534. The molecule has 0 unspecified atom stereocenters. The van der Waals surface area contributed by atoms with Crippen molar-refractivity contribution in [2.24, 2.45) is 0 Å². The van der Waals surface area contributed by atoms with Crippen molar-refractivity contribution in [3.8, 4) is 5.75 Å². The fourth-order valence-corrected chi connectivity index (χ4v) is 1.61. The largest absolute Gasteiger partial charge is 0.483 e. The fourth-order valence-electron chi connectivity index (χ4n) is 1.61. The van der Waals surface area contributed by atoms with Crippen LogP contribution in [0.3, 0.4) is 0 Å². The Morgan fingerprint density at radius 1 is 1.21 bits per heavy atom. The van der Waals surface area contributed by atoms with E-state index in [9.17, 15) is 9.59 Å². The summed E-state index contributed by atoms with van der Waals surface area (Å²) in [5, 5.41) is 2.77. The maximum Gasteiger partial charge on any atom is 0.257 e. The molecule has 4 nitrogen and oxygen atoms in total. The second kappa shape index (κ2) is 8.29. The predicted octanol–water partition coefficient (Wildman–Crippen LogP) is 2.57. The lowest BCUT2D eigenvalue weighted by Crippen LogP contribution is -2.29. The molecule has 1 N–H and O–H groups in total. The van der Waals surface area contributed by atoms with Crippen LogP contribution in [0.2, 0.25) is 0 Å². The Balaban J connectivity index is 2.53. The third-order valence-electron chi connectivity index (χ3n) is 2.72. The highest BCUT2D eigenvalue weighted by Crippen LogP contribution is 2.19. The van der Waals surface area contributed by atoms with Crippen LogP contribution in [0.25, 0.3) is 0 Å². The van der Waals surface area contributed by atoms with E-state index in [0.29, 0.717) is 24.3 Å². The first kappa shape index (κ1) is 15.2. The maximum atomic E-state index is 11.7. The standard InChI is InChI=1S/C15H21NO3/c1-3-5-10-16-15(18)11-19-14-9-7-6-8-12(14)13(17)4-2/h6-9H,3-5,10-11H2,1-2H3,(H,16,18). The lowest BCUT2D eigenvalue weighted by Gasteiger charge is -2.10. The number of ether oxygens (including phenoxy) is 1. The van der Waals surface area contributed by atoms with Crippen LogP contribution in [0.1, 0.15) is 43.5 Å². The molecule has 19 heavy (non-hydrogen) atoms. The Morgan fingerprint density at radius 3 is 2.63 bits per heavy atom. The minimum atomic E-state index is -0.160. The molecular weight excluding hydrogens is 242 g/mol. The van der Waals surface area contributed by atoms with Crippen LogP contribution < -0.4 is 10.1 Å². The van der Waals surface area contributed by atoms with Gasteiger partial charge in [-0.3, -0.25) is 9.59 Å². The zero-order valence-electron chi connectivity index (χ0n) is 11.6. The molecule has 1 rings (SSSR count). The molecule has 0 atom stereocenters. The van der Waals surface area contributed by atoms with E-state index in [2.05, 4.69) is 12.2 Å². The Labute approximate surface area is 114 Å². The summed E-state index contributed by atoms with van der Waals surface area (Å²) in [5.74, 6) is 0.328. The molecule has 0 fully saturated rings. The summed E-state index contributed by atoms with van der Waals surface area (Å²) in [6.45, 7) is 4.47. The number of carbonyl (C=O) groups excluding carboxylic acids is 2. The van der Waals surface area contributed by atoms with E-state index in [1.54, 1.807) is 31.2 Å². The molecule has 1 aromatic carbocycles. The van der Waals surface area contributed by atoms with Gasteiger partial charge < -0.3 is 10.1 Å². The summed E-state index contributed by atoms with van der Waals surface area (Å²) in [6.07, 6.45) is 2.41. The molecule has 0 radical (unpaired) electrons. The molecule has 0 aliphatic rings. The zero-order chi connectivity index (χ0) is 14.1. The number of Topliss-reactive ketones (excluding diaryl/α,β-unsaturated/α-hetero) is 1. The van der Waals surface area contributed by atoms with Gasteiger partial charge in [0.1, 0.15) is 5.75 Å². The van der Waals surface area contributed by atoms with Crippen molar-refractivity contribution < 1.29 is 14.3 Å². The number of ketones is 1. The van der Waals surface area contributed by atoms with Crippen molar-refractivity contribution in [1.82, 2.24) is 5.32 Å². The van der Waals surface area contributed by atoms with Gasteiger partial charge in [-0.1, -0.05) is 32.4 Å². The van der Waals surface area contributed by atoms with Crippen LogP contribution in [-0.4, -0.2) is 24.8 Å². The van der Waals surface area contributed by atoms with Crippen molar-refractivity contribution in [3.63, 3.8) is 0 Å². The fraction of sp³-hybridized carbons (Fsp3) is 0.467. The molecule has 0 bridgehead atoms. The number of carbonyl (C=O) groups is 2. The van der Waals surface area contributed by atoms with Gasteiger partial charge in [0.25, 0.3) is 5.91 Å². The normalized spacial score (nSPS) is 10.0. The van der Waals surface area contributed by atoms with Gasteiger partial charge in [0, 0.05) is 13.0 Å². The van der Waals surface area contributed by atoms with Crippen molar-refractivity contribution in [3.05, 3.63) is 29.8 Å². The highest BCUT2D eigenvalue weighted by molar-refractivity contribution is 5.98. The van der Waals surface area contributed by atoms with Crippen LogP contribution in [0.4, 0.5) is 0 Å². The van der Waals surface area contributed by atoms with Crippen LogP contribution in [0.5, 0.6) is 5.75 Å². The quantitative estimate of drug-likeness (QED) is 0.579. The molecule has 1 amide bonds. The number of hydrogen-bond acceptors (Lipinski definition) is 3. The number of benzene rings is 1. The van der Waals surface area contributed by atoms with Gasteiger partial charge in [-0.2, -0.15) is 0 Å². The lowest BCUT2D eigenvalue weighted by molar-refractivity contribution is -0.123. The van der Waals surface area contributed by atoms with Crippen molar-refractivity contribution in [2.75, 3.05) is 13.2 Å². The van der Waals surface area contributed by atoms with E-state index in [4.69, 9.17) is 4.74 Å². The monoisotopic (exact) mass is 263 g/mol. The molecule has 0 spiro atoms. The van der Waals surface area contributed by atoms with Crippen molar-refractivity contribution in [2.45, 2.75) is 33.1 Å². The highest BCUT2D eigenvalue weighted by atomic mass is 16.5. The molecule has 0 heterocycles. The van der Waals surface area contributed by atoms with E-state index in [1.807, 2.05) is 0 Å². The zero-order valence-corrected chi connectivity index (χ0v) is 11.6. The molecule has 1 aromatic rings. The summed E-state index contributed by atoms with van der Waals surface area (Å²) in [6, 6.07) is 7.01. The van der Waals surface area contributed by atoms with E-state index < -0.39 is 0 Å². The van der Waals surface area contributed by atoms with E-state index in [-0.39, 0.29) is 18.3 Å². The molecular formula is C15H21NO3. The van der Waals surface area contributed by atoms with Crippen LogP contribution in [0, 0.1) is 0 Å². The van der Waals surface area contributed by atoms with Gasteiger partial charge >= 0.3 is 0 Å². The van der Waals surface area contributed by atoms with Crippen LogP contribution >= 0.6 is 0 Å². The van der Waals surface area contributed by atoms with Crippen molar-refractivity contribution in [1.29, 1.82) is 0 Å². The van der Waals surface area contributed by atoms with E-state index in [1.165, 1.54) is 0 Å². The minimum absolute atomic E-state index is 0.0157. The van der Waals surface area contributed by atoms with E-state index >= 15 is 0 Å². The average Bonchev–Trinajstić information content (AvgIpc) is 2.45. The SMILES string of the molecule is CCCCNC(=O)COc1ccccc1C(=O)CC. The number of para-hydroxylation sites is 1. The third kappa shape index (κ3) is 5.12. The van der Waals surface area contributed by atoms with Crippen LogP contribution in [0.15, 0.2) is 24.3 Å². The lowest BCUT2D eigenvalue weighted by atomic mass is 10.1. The highest BCUT2D eigenvalue weighted by Gasteiger charge is 2.11. The van der Waals surface area contributed by atoms with Gasteiger partial charge in [0.05, 0.1) is 5.56 Å². The molecule has 0 aromatic heterocycles. The number of rotatable bonds is 8. The number of hydrogen-bond donors (Lipinski definition) is 1. The molecule has 0 saturated carbocycles. The molecule has 0 aliphatic heterocycles. The Hall–Kier alpha value is -1.84. The molecule has 0 saturated heterocycles. The van der Waals surface area contributed by atoms with Gasteiger partial charge in [0.15, 0.2) is 12.4 Å². The first-order valence-corrected chi connectivity index (χ1v) is 6.70. The number of amides is 1. The Bertz CT molecular complexity index is 429. The second-order valence-electron chi connectivity index (χ2n) is 4.27. The minimum Gasteiger partial charge on any atom is -0.483 e. The summed E-state index contributed by atoms with van der Waals surface area (Å²) >= 11 is 0. The Kier molecular flexibility index (Phi) is 6.64. The van der Waals surface area contributed by atoms with E-state index in [0.717, 1.165) is 12.8 Å². The molecule has 104 valence electrons. The van der Waals surface area contributed by atoms with Gasteiger partial charge in [0.2, 0.25) is 0 Å². The Morgan fingerprint density at radius 2 is 1.95 bits per heavy atom. The first-order chi connectivity index (χ1) is 9.19. The predicted molar refractivity (Wildman–Crippen MR) is 74.5 cm³/mol. The maximum absolute atomic E-state index is 11.7. The number of nitrogens with one attached hydrogen (secondary N) is 1. The van der Waals surface area contributed by atoms with Gasteiger partial charge in [-0.05, 0) is 18.6 Å². The van der Waals surface area contributed by atoms with Crippen molar-refractivity contribution >= 4 is 11.7 Å². The summed E-state index contributed by atoms with van der Waals surface area (Å²) < 4.78 is 5.42.